The molecule has 0 saturated heterocycles. The quantitative estimate of drug-likeness (QED) is 0.613. The highest BCUT2D eigenvalue weighted by atomic mass is 79.9. The van der Waals surface area contributed by atoms with E-state index in [9.17, 15) is 9.59 Å². The van der Waals surface area contributed by atoms with Gasteiger partial charge in [-0.1, -0.05) is 57.3 Å². The first-order valence-electron chi connectivity index (χ1n) is 3.92. The zero-order valence-corrected chi connectivity index (χ0v) is 12.3. The number of ether oxygens (including phenoxy) is 1. The van der Waals surface area contributed by atoms with Gasteiger partial charge >= 0.3 is 11.9 Å². The first-order chi connectivity index (χ1) is 6.59. The molecule has 0 saturated carbocycles. The van der Waals surface area contributed by atoms with Crippen LogP contribution in [0.4, 0.5) is 0 Å². The van der Waals surface area contributed by atoms with E-state index in [0.717, 1.165) is 0 Å². The number of carboxylic acids is 1. The summed E-state index contributed by atoms with van der Waals surface area (Å²) < 4.78 is 2.77. The Morgan fingerprint density at radius 2 is 1.87 bits per heavy atom. The van der Waals surface area contributed by atoms with Crippen molar-refractivity contribution < 1.29 is 19.4 Å². The Morgan fingerprint density at radius 3 is 2.13 bits per heavy atom. The van der Waals surface area contributed by atoms with E-state index >= 15 is 0 Å². The molecule has 0 amide bonds. The van der Waals surface area contributed by atoms with Crippen molar-refractivity contribution in [3.8, 4) is 0 Å². The molecule has 0 aromatic heterocycles. The highest BCUT2D eigenvalue weighted by Gasteiger charge is 2.54. The summed E-state index contributed by atoms with van der Waals surface area (Å²) in [5.74, 6) is -1.84. The van der Waals surface area contributed by atoms with Gasteiger partial charge in [-0.2, -0.15) is 0 Å². The molecule has 0 rings (SSSR count). The van der Waals surface area contributed by atoms with E-state index in [1.54, 1.807) is 13.8 Å². The molecule has 0 fully saturated rings. The van der Waals surface area contributed by atoms with E-state index in [1.807, 2.05) is 0 Å². The summed E-state index contributed by atoms with van der Waals surface area (Å²) in [5.41, 5.74) is -1.08. The van der Waals surface area contributed by atoms with E-state index in [4.69, 9.17) is 16.7 Å². The number of carboxylic acid groups (broad SMARTS) is 1. The molecule has 4 nitrogen and oxygen atoms in total. The van der Waals surface area contributed by atoms with Crippen molar-refractivity contribution in [1.82, 2.24) is 0 Å². The van der Waals surface area contributed by atoms with Gasteiger partial charge < -0.3 is 9.84 Å². The van der Waals surface area contributed by atoms with Crippen LogP contribution in [-0.2, 0) is 14.3 Å². The van der Waals surface area contributed by atoms with Gasteiger partial charge in [0.1, 0.15) is 4.83 Å². The monoisotopic (exact) mass is 364 g/mol. The third kappa shape index (κ3) is 2.85. The van der Waals surface area contributed by atoms with Crippen molar-refractivity contribution in [3.63, 3.8) is 0 Å². The number of hydrogen-bond donors (Lipinski definition) is 1. The van der Waals surface area contributed by atoms with Gasteiger partial charge in [-0.3, -0.25) is 4.79 Å². The van der Waals surface area contributed by atoms with E-state index in [-0.39, 0.29) is 0 Å². The number of methoxy groups -OCH3 is 1. The van der Waals surface area contributed by atoms with Crippen LogP contribution in [0.5, 0.6) is 0 Å². The molecule has 15 heavy (non-hydrogen) atoms. The average Bonchev–Trinajstić information content (AvgIpc) is 2.14. The van der Waals surface area contributed by atoms with Crippen LogP contribution in [0.1, 0.15) is 13.8 Å². The van der Waals surface area contributed by atoms with Crippen LogP contribution in [0.15, 0.2) is 0 Å². The molecule has 0 radical (unpaired) electrons. The predicted octanol–water partition coefficient (Wildman–Crippen LogP) is 2.36. The minimum absolute atomic E-state index is 0.578. The molecule has 0 spiro atoms. The molecule has 0 aliphatic rings. The van der Waals surface area contributed by atoms with Gasteiger partial charge in [-0.25, -0.2) is 4.79 Å². The number of carbonyl (C=O) groups excluding carboxylic acids is 1. The molecule has 88 valence electrons. The summed E-state index contributed by atoms with van der Waals surface area (Å²) in [4.78, 5) is 21.4. The maximum absolute atomic E-state index is 11.3. The van der Waals surface area contributed by atoms with E-state index in [2.05, 4.69) is 36.6 Å². The van der Waals surface area contributed by atoms with Gasteiger partial charge in [0, 0.05) is 5.41 Å². The average molecular weight is 366 g/mol. The molecule has 2 unspecified atom stereocenters. The summed E-state index contributed by atoms with van der Waals surface area (Å²) in [6.07, 6.45) is 0. The summed E-state index contributed by atoms with van der Waals surface area (Å²) in [6, 6.07) is 0. The minimum Gasteiger partial charge on any atom is -0.479 e. The van der Waals surface area contributed by atoms with Crippen molar-refractivity contribution in [3.05, 3.63) is 0 Å². The zero-order valence-electron chi connectivity index (χ0n) is 8.38. The Morgan fingerprint density at radius 1 is 1.47 bits per heavy atom. The summed E-state index contributed by atoms with van der Waals surface area (Å²) in [7, 11) is 1.22. The number of rotatable bonds is 4. The van der Waals surface area contributed by atoms with Crippen molar-refractivity contribution >= 4 is 55.4 Å². The topological polar surface area (TPSA) is 63.6 Å². The van der Waals surface area contributed by atoms with Crippen LogP contribution in [0, 0.1) is 5.41 Å². The first-order valence-corrected chi connectivity index (χ1v) is 6.00. The number of halogens is 3. The van der Waals surface area contributed by atoms with Crippen LogP contribution in [0.3, 0.4) is 0 Å². The number of esters is 1. The summed E-state index contributed by atoms with van der Waals surface area (Å²) in [5, 5.41) is 8.93. The maximum Gasteiger partial charge on any atom is 0.336 e. The Kier molecular flexibility index (Phi) is 5.08. The van der Waals surface area contributed by atoms with E-state index in [1.165, 1.54) is 7.11 Å². The number of aliphatic carboxylic acids is 1. The lowest BCUT2D eigenvalue weighted by Gasteiger charge is -2.36. The fourth-order valence-electron chi connectivity index (χ4n) is 0.833. The lowest BCUT2D eigenvalue weighted by molar-refractivity contribution is -0.144. The lowest BCUT2D eigenvalue weighted by atomic mass is 9.85. The maximum atomic E-state index is 11.3. The van der Waals surface area contributed by atoms with Gasteiger partial charge in [0.2, 0.25) is 3.78 Å². The van der Waals surface area contributed by atoms with Gasteiger partial charge in [0.15, 0.2) is 0 Å². The molecule has 1 N–H and O–H groups in total. The molecule has 7 heteroatoms. The Hall–Kier alpha value is 0.190. The number of carbonyl (C=O) groups is 2. The Bertz CT molecular complexity index is 278. The van der Waals surface area contributed by atoms with E-state index < -0.39 is 26.0 Å². The second kappa shape index (κ2) is 5.01. The fraction of sp³-hybridized carbons (Fsp3) is 0.750. The highest BCUT2D eigenvalue weighted by Crippen LogP contribution is 2.47. The second-order valence-corrected chi connectivity index (χ2v) is 6.62. The third-order valence-corrected chi connectivity index (χ3v) is 5.65. The molecule has 0 aromatic carbocycles. The Balaban J connectivity index is 5.12. The fourth-order valence-corrected chi connectivity index (χ4v) is 2.14. The van der Waals surface area contributed by atoms with Crippen molar-refractivity contribution in [1.29, 1.82) is 0 Å². The molecule has 0 aliphatic carbocycles. The van der Waals surface area contributed by atoms with Crippen LogP contribution in [-0.4, -0.2) is 32.8 Å². The second-order valence-electron chi connectivity index (χ2n) is 3.49. The lowest BCUT2D eigenvalue weighted by Crippen LogP contribution is -2.49. The standard InChI is InChI=1S/C8H11Br2ClO4/c1-7(2,4(9)5(12)15-3)8(10,11)6(13)14/h4H,1-3H3,(H,13,14). The summed E-state index contributed by atoms with van der Waals surface area (Å²) in [6.45, 7) is 3.08. The summed E-state index contributed by atoms with van der Waals surface area (Å²) >= 11 is 11.8. The zero-order chi connectivity index (χ0) is 12.4. The van der Waals surface area contributed by atoms with Crippen LogP contribution in [0.25, 0.3) is 0 Å². The normalized spacial score (nSPS) is 17.7. The predicted molar refractivity (Wildman–Crippen MR) is 63.7 cm³/mol. The minimum atomic E-state index is -1.75. The smallest absolute Gasteiger partial charge is 0.336 e. The van der Waals surface area contributed by atoms with Gasteiger partial charge in [-0.15, -0.1) is 0 Å². The number of alkyl halides is 3. The van der Waals surface area contributed by atoms with Crippen LogP contribution in [0.2, 0.25) is 0 Å². The molecule has 0 aromatic rings. The molecule has 0 aliphatic heterocycles. The van der Waals surface area contributed by atoms with Gasteiger partial charge in [0.25, 0.3) is 0 Å². The highest BCUT2D eigenvalue weighted by molar-refractivity contribution is 9.11. The largest absolute Gasteiger partial charge is 0.479 e. The van der Waals surface area contributed by atoms with Gasteiger partial charge in [0.05, 0.1) is 7.11 Å². The molecule has 0 heterocycles. The third-order valence-electron chi connectivity index (χ3n) is 2.12. The van der Waals surface area contributed by atoms with Crippen LogP contribution < -0.4 is 0 Å². The SMILES string of the molecule is COC(=O)C(Br)C(C)(C)C(Cl)(Br)C(=O)O. The molecule has 2 atom stereocenters. The van der Waals surface area contributed by atoms with Crippen molar-refractivity contribution in [2.75, 3.05) is 7.11 Å². The molecule has 0 bridgehead atoms. The van der Waals surface area contributed by atoms with Crippen LogP contribution >= 0.6 is 43.5 Å². The van der Waals surface area contributed by atoms with E-state index in [0.29, 0.717) is 0 Å². The van der Waals surface area contributed by atoms with Gasteiger partial charge in [-0.05, 0) is 0 Å². The van der Waals surface area contributed by atoms with Crippen molar-refractivity contribution in [2.45, 2.75) is 22.5 Å². The first kappa shape index (κ1) is 15.2. The Labute approximate surface area is 110 Å². The molecular weight excluding hydrogens is 355 g/mol. The number of hydrogen-bond acceptors (Lipinski definition) is 3. The molecular formula is C8H11Br2ClO4. The van der Waals surface area contributed by atoms with Crippen molar-refractivity contribution in [2.24, 2.45) is 5.41 Å².